The molecule has 5 heteroatoms. The van der Waals surface area contributed by atoms with E-state index in [1.807, 2.05) is 0 Å². The van der Waals surface area contributed by atoms with Crippen LogP contribution in [0.25, 0.3) is 0 Å². The number of nitroso groups, excluding NO2 is 1. The van der Waals surface area contributed by atoms with Gasteiger partial charge in [-0.2, -0.15) is 0 Å². The van der Waals surface area contributed by atoms with E-state index in [1.165, 1.54) is 13.2 Å². The van der Waals surface area contributed by atoms with Crippen molar-refractivity contribution >= 4 is 11.6 Å². The summed E-state index contributed by atoms with van der Waals surface area (Å²) in [4.78, 5) is 24.1. The van der Waals surface area contributed by atoms with Crippen molar-refractivity contribution < 1.29 is 9.53 Å². The molecule has 16 heavy (non-hydrogen) atoms. The highest BCUT2D eigenvalue weighted by molar-refractivity contribution is 5.97. The Morgan fingerprint density at radius 3 is 2.81 bits per heavy atom. The van der Waals surface area contributed by atoms with E-state index >= 15 is 0 Å². The van der Waals surface area contributed by atoms with Gasteiger partial charge in [0.15, 0.2) is 5.69 Å². The zero-order valence-electron chi connectivity index (χ0n) is 9.19. The predicted octanol–water partition coefficient (Wildman–Crippen LogP) is 1.72. The summed E-state index contributed by atoms with van der Waals surface area (Å²) in [6, 6.07) is 3.22. The van der Waals surface area contributed by atoms with E-state index in [9.17, 15) is 9.70 Å². The Labute approximate surface area is 93.0 Å². The minimum atomic E-state index is -0.0752. The molecule has 0 atom stereocenters. The molecule has 1 aromatic rings. The third-order valence-electron chi connectivity index (χ3n) is 2.80. The molecule has 0 aliphatic carbocycles. The van der Waals surface area contributed by atoms with Crippen molar-refractivity contribution in [2.45, 2.75) is 6.42 Å². The number of methoxy groups -OCH3 is 1. The Balaban J connectivity index is 2.56. The lowest BCUT2D eigenvalue weighted by atomic mass is 9.98. The van der Waals surface area contributed by atoms with Crippen LogP contribution >= 0.6 is 0 Å². The normalized spacial score (nSPS) is 14.6. The molecule has 0 unspecified atom stereocenters. The van der Waals surface area contributed by atoms with Gasteiger partial charge in [0.05, 0.1) is 7.11 Å². The number of ether oxygens (including phenoxy) is 1. The molecule has 5 nitrogen and oxygen atoms in total. The second-order valence-corrected chi connectivity index (χ2v) is 3.75. The Hall–Kier alpha value is -1.91. The van der Waals surface area contributed by atoms with Crippen molar-refractivity contribution in [2.24, 2.45) is 5.18 Å². The Morgan fingerprint density at radius 1 is 1.44 bits per heavy atom. The van der Waals surface area contributed by atoms with Crippen LogP contribution in [0.4, 0.5) is 5.69 Å². The summed E-state index contributed by atoms with van der Waals surface area (Å²) in [5.41, 5.74) is 1.63. The number of nitrogens with zero attached hydrogens (tertiary/aromatic N) is 2. The van der Waals surface area contributed by atoms with Crippen LogP contribution in [-0.4, -0.2) is 31.5 Å². The molecule has 0 saturated heterocycles. The second-order valence-electron chi connectivity index (χ2n) is 3.75. The molecule has 0 saturated carbocycles. The first-order chi connectivity index (χ1) is 7.67. The Morgan fingerprint density at radius 2 is 2.19 bits per heavy atom. The summed E-state index contributed by atoms with van der Waals surface area (Å²) in [7, 11) is 3.22. The van der Waals surface area contributed by atoms with E-state index < -0.39 is 0 Å². The lowest BCUT2D eigenvalue weighted by Gasteiger charge is -2.25. The SMILES string of the molecule is COc1cc2c(cc1N=O)C(=O)N(C)CC2. The summed E-state index contributed by atoms with van der Waals surface area (Å²) in [5, 5.41) is 2.86. The molecule has 2 rings (SSSR count). The molecular weight excluding hydrogens is 208 g/mol. The fourth-order valence-corrected chi connectivity index (χ4v) is 1.85. The highest BCUT2D eigenvalue weighted by Crippen LogP contribution is 2.33. The Kier molecular flexibility index (Phi) is 2.60. The van der Waals surface area contributed by atoms with Gasteiger partial charge in [-0.3, -0.25) is 4.79 Å². The monoisotopic (exact) mass is 220 g/mol. The topological polar surface area (TPSA) is 59.0 Å². The van der Waals surface area contributed by atoms with E-state index in [2.05, 4.69) is 5.18 Å². The zero-order valence-corrected chi connectivity index (χ0v) is 9.19. The molecule has 0 aromatic heterocycles. The highest BCUT2D eigenvalue weighted by atomic mass is 16.5. The van der Waals surface area contributed by atoms with Crippen LogP contribution in [0.15, 0.2) is 17.3 Å². The molecule has 1 heterocycles. The lowest BCUT2D eigenvalue weighted by Crippen LogP contribution is -2.34. The summed E-state index contributed by atoms with van der Waals surface area (Å²) < 4.78 is 5.05. The average molecular weight is 220 g/mol. The van der Waals surface area contributed by atoms with E-state index in [-0.39, 0.29) is 11.6 Å². The fraction of sp³-hybridized carbons (Fsp3) is 0.364. The number of likely N-dealkylation sites (N-methyl/N-ethyl adjacent to an activating group) is 1. The van der Waals surface area contributed by atoms with Crippen LogP contribution in [-0.2, 0) is 6.42 Å². The summed E-state index contributed by atoms with van der Waals surface area (Å²) in [6.07, 6.45) is 0.771. The first-order valence-electron chi connectivity index (χ1n) is 4.97. The van der Waals surface area contributed by atoms with Crippen molar-refractivity contribution in [3.63, 3.8) is 0 Å². The average Bonchev–Trinajstić information content (AvgIpc) is 2.32. The number of carbonyl (C=O) groups is 1. The van der Waals surface area contributed by atoms with Crippen LogP contribution in [0.1, 0.15) is 15.9 Å². The lowest BCUT2D eigenvalue weighted by molar-refractivity contribution is 0.0781. The summed E-state index contributed by atoms with van der Waals surface area (Å²) >= 11 is 0. The van der Waals surface area contributed by atoms with Gasteiger partial charge in [-0.05, 0) is 29.3 Å². The molecule has 1 aliphatic rings. The maximum atomic E-state index is 11.8. The molecule has 1 aliphatic heterocycles. The number of fused-ring (bicyclic) bond motifs is 1. The van der Waals surface area contributed by atoms with Gasteiger partial charge in [-0.25, -0.2) is 0 Å². The standard InChI is InChI=1S/C11H12N2O3/c1-13-4-3-7-5-10(16-2)9(12-15)6-8(7)11(13)14/h5-6H,3-4H2,1-2H3. The quantitative estimate of drug-likeness (QED) is 0.713. The van der Waals surface area contributed by atoms with Crippen LogP contribution < -0.4 is 4.74 Å². The fourth-order valence-electron chi connectivity index (χ4n) is 1.85. The number of hydrogen-bond donors (Lipinski definition) is 0. The van der Waals surface area contributed by atoms with Crippen LogP contribution in [0, 0.1) is 4.91 Å². The molecule has 84 valence electrons. The van der Waals surface area contributed by atoms with E-state index in [4.69, 9.17) is 4.74 Å². The zero-order chi connectivity index (χ0) is 11.7. The number of amides is 1. The van der Waals surface area contributed by atoms with Gasteiger partial charge in [-0.1, -0.05) is 0 Å². The number of benzene rings is 1. The van der Waals surface area contributed by atoms with Gasteiger partial charge in [0, 0.05) is 19.2 Å². The smallest absolute Gasteiger partial charge is 0.253 e. The predicted molar refractivity (Wildman–Crippen MR) is 59.1 cm³/mol. The van der Waals surface area contributed by atoms with Crippen LogP contribution in [0.3, 0.4) is 0 Å². The van der Waals surface area contributed by atoms with Crippen molar-refractivity contribution in [1.82, 2.24) is 4.90 Å². The molecule has 0 radical (unpaired) electrons. The Bertz CT molecular complexity index is 457. The van der Waals surface area contributed by atoms with E-state index in [0.717, 1.165) is 12.0 Å². The van der Waals surface area contributed by atoms with Crippen molar-refractivity contribution in [1.29, 1.82) is 0 Å². The third-order valence-corrected chi connectivity index (χ3v) is 2.80. The van der Waals surface area contributed by atoms with Crippen molar-refractivity contribution in [3.8, 4) is 5.75 Å². The van der Waals surface area contributed by atoms with Gasteiger partial charge in [0.25, 0.3) is 5.91 Å². The molecule has 1 aromatic carbocycles. The maximum absolute atomic E-state index is 11.8. The molecule has 0 N–H and O–H groups in total. The van der Waals surface area contributed by atoms with Gasteiger partial charge in [-0.15, -0.1) is 4.91 Å². The van der Waals surface area contributed by atoms with Gasteiger partial charge >= 0.3 is 0 Å². The third kappa shape index (κ3) is 1.54. The molecular formula is C11H12N2O3. The number of carbonyl (C=O) groups excluding carboxylic acids is 1. The van der Waals surface area contributed by atoms with Gasteiger partial charge in [0.2, 0.25) is 0 Å². The molecule has 1 amide bonds. The number of hydrogen-bond acceptors (Lipinski definition) is 4. The maximum Gasteiger partial charge on any atom is 0.253 e. The molecule has 0 bridgehead atoms. The second kappa shape index (κ2) is 3.92. The number of rotatable bonds is 2. The van der Waals surface area contributed by atoms with Crippen molar-refractivity contribution in [2.75, 3.05) is 20.7 Å². The van der Waals surface area contributed by atoms with Gasteiger partial charge < -0.3 is 9.64 Å². The molecule has 0 fully saturated rings. The summed E-state index contributed by atoms with van der Waals surface area (Å²) in [5.74, 6) is 0.347. The van der Waals surface area contributed by atoms with Crippen LogP contribution in [0.2, 0.25) is 0 Å². The van der Waals surface area contributed by atoms with E-state index in [0.29, 0.717) is 17.9 Å². The first kappa shape index (κ1) is 10.6. The molecule has 0 spiro atoms. The van der Waals surface area contributed by atoms with E-state index in [1.54, 1.807) is 18.0 Å². The summed E-state index contributed by atoms with van der Waals surface area (Å²) in [6.45, 7) is 0.683. The minimum absolute atomic E-state index is 0.0752. The van der Waals surface area contributed by atoms with Crippen LogP contribution in [0.5, 0.6) is 5.75 Å². The minimum Gasteiger partial charge on any atom is -0.494 e. The van der Waals surface area contributed by atoms with Crippen molar-refractivity contribution in [3.05, 3.63) is 28.2 Å². The largest absolute Gasteiger partial charge is 0.494 e. The highest BCUT2D eigenvalue weighted by Gasteiger charge is 2.23. The van der Waals surface area contributed by atoms with Gasteiger partial charge in [0.1, 0.15) is 5.75 Å². The first-order valence-corrected chi connectivity index (χ1v) is 4.97.